The molecule has 2 saturated heterocycles. The van der Waals surface area contributed by atoms with Gasteiger partial charge in [0.2, 0.25) is 0 Å². The van der Waals surface area contributed by atoms with Crippen molar-refractivity contribution < 1.29 is 54.4 Å². The fourth-order valence-corrected chi connectivity index (χ4v) is 5.67. The second kappa shape index (κ2) is 15.7. The van der Waals surface area contributed by atoms with Gasteiger partial charge in [-0.25, -0.2) is 0 Å². The molecule has 16 nitrogen and oxygen atoms in total. The number of rotatable bonds is 13. The summed E-state index contributed by atoms with van der Waals surface area (Å²) in [6.07, 6.45) is -13.1. The number of hydrogen-bond donors (Lipinski definition) is 11. The van der Waals surface area contributed by atoms with Crippen molar-refractivity contribution in [1.29, 1.82) is 0 Å². The van der Waals surface area contributed by atoms with E-state index in [0.29, 0.717) is 13.1 Å². The minimum Gasteiger partial charge on any atom is -0.394 e. The van der Waals surface area contributed by atoms with Crippen molar-refractivity contribution in [3.63, 3.8) is 0 Å². The Kier molecular flexibility index (Phi) is 13.2. The Morgan fingerprint density at radius 3 is 2.24 bits per heavy atom. The van der Waals surface area contributed by atoms with Gasteiger partial charge in [0, 0.05) is 19.0 Å². The fourth-order valence-electron chi connectivity index (χ4n) is 5.67. The normalized spacial score (nSPS) is 44.5. The van der Waals surface area contributed by atoms with E-state index in [1.165, 1.54) is 0 Å². The topological polar surface area (TPSA) is 291 Å². The lowest BCUT2D eigenvalue weighted by Crippen LogP contribution is -2.66. The Hall–Kier alpha value is -0.930. The van der Waals surface area contributed by atoms with Crippen LogP contribution in [-0.2, 0) is 23.7 Å². The summed E-state index contributed by atoms with van der Waals surface area (Å²) in [6.45, 7) is 2.38. The summed E-state index contributed by atoms with van der Waals surface area (Å²) < 4.78 is 23.6. The number of ether oxygens (including phenoxy) is 4. The highest BCUT2D eigenvalue weighted by molar-refractivity contribution is 5.83. The van der Waals surface area contributed by atoms with Crippen molar-refractivity contribution in [2.24, 2.45) is 28.9 Å². The molecule has 3 rings (SSSR count). The van der Waals surface area contributed by atoms with E-state index in [-0.39, 0.29) is 32.2 Å². The molecule has 2 aliphatic heterocycles. The van der Waals surface area contributed by atoms with Gasteiger partial charge in [-0.2, -0.15) is 0 Å². The zero-order valence-corrected chi connectivity index (χ0v) is 23.4. The Bertz CT molecular complexity index is 816. The SMILES string of the molecule is CCNC[C@H]1O[C@H](O[C@H]2[C@H](O)[C@@H](O[C@H]3O[C@H](CO)[C@@H](O)[C@H](N)[C@H]3O)[C@H](CC(=O)[C@@H](O)CCN)C[C@@H]2N)[C@H](N)C[C@@H]1O. The molecular formula is C25H49N5O11. The van der Waals surface area contributed by atoms with Crippen molar-refractivity contribution in [3.8, 4) is 0 Å². The van der Waals surface area contributed by atoms with Crippen molar-refractivity contribution in [1.82, 2.24) is 5.32 Å². The summed E-state index contributed by atoms with van der Waals surface area (Å²) in [4.78, 5) is 12.8. The van der Waals surface area contributed by atoms with Gasteiger partial charge < -0.3 is 77.8 Å². The van der Waals surface area contributed by atoms with E-state index in [9.17, 15) is 35.4 Å². The van der Waals surface area contributed by atoms with Gasteiger partial charge in [-0.1, -0.05) is 6.92 Å². The Morgan fingerprint density at radius 1 is 0.951 bits per heavy atom. The maximum Gasteiger partial charge on any atom is 0.186 e. The molecule has 0 spiro atoms. The number of aliphatic hydroxyl groups is 6. The van der Waals surface area contributed by atoms with Crippen LogP contribution in [0.15, 0.2) is 0 Å². The first-order chi connectivity index (χ1) is 19.4. The van der Waals surface area contributed by atoms with E-state index in [1.807, 2.05) is 6.92 Å². The first kappa shape index (κ1) is 34.6. The van der Waals surface area contributed by atoms with Gasteiger partial charge in [0.15, 0.2) is 18.4 Å². The zero-order chi connectivity index (χ0) is 30.4. The Balaban J connectivity index is 1.82. The van der Waals surface area contributed by atoms with Gasteiger partial charge in [-0.3, -0.25) is 4.79 Å². The molecule has 0 aromatic heterocycles. The van der Waals surface area contributed by atoms with E-state index in [2.05, 4.69) is 5.32 Å². The summed E-state index contributed by atoms with van der Waals surface area (Å²) in [7, 11) is 0. The van der Waals surface area contributed by atoms with Crippen molar-refractivity contribution in [2.75, 3.05) is 26.2 Å². The third-order valence-electron chi connectivity index (χ3n) is 8.13. The number of Topliss-reactive ketones (excluding diaryl/α,β-unsaturated/α-hetero) is 1. The van der Waals surface area contributed by atoms with Crippen LogP contribution in [-0.4, -0.2) is 148 Å². The third kappa shape index (κ3) is 8.37. The number of likely N-dealkylation sites (N-methyl/N-ethyl adjacent to an activating group) is 1. The maximum atomic E-state index is 12.8. The van der Waals surface area contributed by atoms with Gasteiger partial charge >= 0.3 is 0 Å². The Morgan fingerprint density at radius 2 is 1.61 bits per heavy atom. The molecule has 0 amide bonds. The summed E-state index contributed by atoms with van der Waals surface area (Å²) in [6, 6.07) is -2.79. The highest BCUT2D eigenvalue weighted by atomic mass is 16.7. The largest absolute Gasteiger partial charge is 0.394 e. The van der Waals surface area contributed by atoms with Crippen molar-refractivity contribution in [2.45, 2.75) is 118 Å². The predicted molar refractivity (Wildman–Crippen MR) is 143 cm³/mol. The van der Waals surface area contributed by atoms with E-state index in [4.69, 9.17) is 41.9 Å². The molecule has 0 unspecified atom stereocenters. The van der Waals surface area contributed by atoms with Crippen LogP contribution < -0.4 is 28.3 Å². The first-order valence-corrected chi connectivity index (χ1v) is 14.3. The molecule has 1 aliphatic carbocycles. The molecule has 15 N–H and O–H groups in total. The van der Waals surface area contributed by atoms with Gasteiger partial charge in [0.05, 0.1) is 37.0 Å². The monoisotopic (exact) mass is 595 g/mol. The van der Waals surface area contributed by atoms with Crippen LogP contribution in [0.2, 0.25) is 0 Å². The first-order valence-electron chi connectivity index (χ1n) is 14.3. The number of ketones is 1. The number of nitrogens with two attached hydrogens (primary N) is 4. The summed E-state index contributed by atoms with van der Waals surface area (Å²) in [5.41, 5.74) is 24.0. The molecule has 0 aromatic carbocycles. The average Bonchev–Trinajstić information content (AvgIpc) is 2.93. The number of carbonyl (C=O) groups is 1. The average molecular weight is 596 g/mol. The second-order valence-corrected chi connectivity index (χ2v) is 11.2. The standard InChI is InChI=1S/C25H49N5O11/c1-2-30-8-16-15(34)7-12(28)24(38-16)41-23-11(27)5-10(6-14(33)13(32)3-4-26)22(21(23)37)40-25-20(36)18(29)19(35)17(9-31)39-25/h10-13,15-25,30-32,34-37H,2-9,26-29H2,1H3/t10-,11-,12+,13-,15-,16+,17+,18-,19+,20+,21+,22-,23+,24+,25+/m0/s1. The molecule has 15 atom stereocenters. The van der Waals surface area contributed by atoms with Crippen molar-refractivity contribution >= 4 is 5.78 Å². The molecule has 2 heterocycles. The molecule has 0 bridgehead atoms. The fraction of sp³-hybridized carbons (Fsp3) is 0.960. The van der Waals surface area contributed by atoms with E-state index >= 15 is 0 Å². The highest BCUT2D eigenvalue weighted by Gasteiger charge is 2.51. The number of nitrogens with one attached hydrogen (secondary N) is 1. The van der Waals surface area contributed by atoms with E-state index in [1.54, 1.807) is 0 Å². The zero-order valence-electron chi connectivity index (χ0n) is 23.4. The van der Waals surface area contributed by atoms with E-state index in [0.717, 1.165) is 0 Å². The van der Waals surface area contributed by atoms with Gasteiger partial charge in [-0.15, -0.1) is 0 Å². The van der Waals surface area contributed by atoms with E-state index < -0.39 is 104 Å². The number of carbonyl (C=O) groups excluding carboxylic acids is 1. The lowest BCUT2D eigenvalue weighted by Gasteiger charge is -2.48. The molecular weight excluding hydrogens is 546 g/mol. The van der Waals surface area contributed by atoms with Crippen LogP contribution >= 0.6 is 0 Å². The minimum absolute atomic E-state index is 0.0452. The molecule has 16 heteroatoms. The van der Waals surface area contributed by atoms with Gasteiger partial charge in [0.25, 0.3) is 0 Å². The molecule has 0 aromatic rings. The van der Waals surface area contributed by atoms with Gasteiger partial charge in [0.1, 0.15) is 36.6 Å². The summed E-state index contributed by atoms with van der Waals surface area (Å²) in [5, 5.41) is 65.7. The highest BCUT2D eigenvalue weighted by Crippen LogP contribution is 2.36. The summed E-state index contributed by atoms with van der Waals surface area (Å²) >= 11 is 0. The molecule has 41 heavy (non-hydrogen) atoms. The van der Waals surface area contributed by atoms with Crippen molar-refractivity contribution in [3.05, 3.63) is 0 Å². The smallest absolute Gasteiger partial charge is 0.186 e. The molecule has 3 fully saturated rings. The van der Waals surface area contributed by atoms with Crippen LogP contribution in [0.5, 0.6) is 0 Å². The minimum atomic E-state index is -1.54. The van der Waals surface area contributed by atoms with Crippen LogP contribution in [0.3, 0.4) is 0 Å². The molecule has 240 valence electrons. The molecule has 3 aliphatic rings. The lowest BCUT2D eigenvalue weighted by molar-refractivity contribution is -0.320. The number of aliphatic hydroxyl groups excluding tert-OH is 6. The molecule has 0 radical (unpaired) electrons. The second-order valence-electron chi connectivity index (χ2n) is 11.2. The molecule has 1 saturated carbocycles. The quantitative estimate of drug-likeness (QED) is 0.0945. The predicted octanol–water partition coefficient (Wildman–Crippen LogP) is -5.69. The summed E-state index contributed by atoms with van der Waals surface area (Å²) in [5.74, 6) is -1.29. The van der Waals surface area contributed by atoms with Gasteiger partial charge in [-0.05, 0) is 38.3 Å². The van der Waals surface area contributed by atoms with Crippen LogP contribution in [0.4, 0.5) is 0 Å². The number of hydrogen-bond acceptors (Lipinski definition) is 16. The maximum absolute atomic E-state index is 12.8. The lowest BCUT2D eigenvalue weighted by atomic mass is 9.76. The van der Waals surface area contributed by atoms with Crippen LogP contribution in [0.25, 0.3) is 0 Å². The Labute approximate surface area is 239 Å². The third-order valence-corrected chi connectivity index (χ3v) is 8.13. The van der Waals surface area contributed by atoms with Crippen LogP contribution in [0.1, 0.15) is 32.6 Å². The van der Waals surface area contributed by atoms with Crippen LogP contribution in [0, 0.1) is 5.92 Å².